The zero-order chi connectivity index (χ0) is 11.4. The Morgan fingerprint density at radius 2 is 2.06 bits per heavy atom. The molecule has 1 aromatic rings. The Hall–Kier alpha value is -0.730. The molecular formula is C13H18ClNO. The average molecular weight is 240 g/mol. The molecule has 0 bridgehead atoms. The predicted molar refractivity (Wildman–Crippen MR) is 67.4 cm³/mol. The van der Waals surface area contributed by atoms with E-state index in [4.69, 9.17) is 16.3 Å². The van der Waals surface area contributed by atoms with Gasteiger partial charge in [-0.05, 0) is 50.6 Å². The number of aryl methyl sites for hydroxylation is 1. The summed E-state index contributed by atoms with van der Waals surface area (Å²) in [6, 6.07) is 5.78. The van der Waals surface area contributed by atoms with Gasteiger partial charge < -0.3 is 4.74 Å². The predicted octanol–water partition coefficient (Wildman–Crippen LogP) is 3.12. The van der Waals surface area contributed by atoms with E-state index in [0.717, 1.165) is 29.5 Å². The van der Waals surface area contributed by atoms with Crippen molar-refractivity contribution in [1.82, 2.24) is 4.90 Å². The fourth-order valence-corrected chi connectivity index (χ4v) is 2.18. The zero-order valence-electron chi connectivity index (χ0n) is 9.71. The molecule has 0 radical (unpaired) electrons. The molecule has 0 saturated carbocycles. The average Bonchev–Trinajstić information content (AvgIpc) is 2.76. The third-order valence-corrected chi connectivity index (χ3v) is 3.25. The molecule has 2 rings (SSSR count). The minimum Gasteiger partial charge on any atom is -0.492 e. The van der Waals surface area contributed by atoms with Gasteiger partial charge in [0.15, 0.2) is 0 Å². The topological polar surface area (TPSA) is 12.5 Å². The second kappa shape index (κ2) is 5.55. The lowest BCUT2D eigenvalue weighted by atomic mass is 10.2. The van der Waals surface area contributed by atoms with Crippen LogP contribution in [0.1, 0.15) is 18.4 Å². The monoisotopic (exact) mass is 239 g/mol. The van der Waals surface area contributed by atoms with E-state index in [1.165, 1.54) is 25.9 Å². The second-order valence-electron chi connectivity index (χ2n) is 4.31. The van der Waals surface area contributed by atoms with Crippen molar-refractivity contribution in [3.8, 4) is 5.75 Å². The smallest absolute Gasteiger partial charge is 0.123 e. The van der Waals surface area contributed by atoms with E-state index in [1.807, 2.05) is 25.1 Å². The Kier molecular flexibility index (Phi) is 4.08. The van der Waals surface area contributed by atoms with Crippen LogP contribution in [0.25, 0.3) is 0 Å². The summed E-state index contributed by atoms with van der Waals surface area (Å²) in [5, 5.41) is 0.738. The number of halogens is 1. The third-order valence-electron chi connectivity index (χ3n) is 3.01. The van der Waals surface area contributed by atoms with Crippen molar-refractivity contribution in [1.29, 1.82) is 0 Å². The molecule has 0 N–H and O–H groups in total. The van der Waals surface area contributed by atoms with Gasteiger partial charge in [0, 0.05) is 11.6 Å². The first-order valence-electron chi connectivity index (χ1n) is 5.87. The molecule has 2 nitrogen and oxygen atoms in total. The van der Waals surface area contributed by atoms with E-state index < -0.39 is 0 Å². The van der Waals surface area contributed by atoms with Crippen LogP contribution in [-0.4, -0.2) is 31.1 Å². The van der Waals surface area contributed by atoms with Gasteiger partial charge in [-0.3, -0.25) is 4.90 Å². The summed E-state index contributed by atoms with van der Waals surface area (Å²) in [5.41, 5.74) is 1.14. The SMILES string of the molecule is Cc1ccc(Cl)cc1OCCN1CCCC1. The van der Waals surface area contributed by atoms with Crippen LogP contribution >= 0.6 is 11.6 Å². The minimum absolute atomic E-state index is 0.738. The van der Waals surface area contributed by atoms with Crippen LogP contribution in [-0.2, 0) is 0 Å². The Balaban J connectivity index is 1.82. The molecule has 1 aromatic carbocycles. The lowest BCUT2D eigenvalue weighted by Gasteiger charge is -2.15. The first kappa shape index (κ1) is 11.7. The van der Waals surface area contributed by atoms with E-state index in [9.17, 15) is 0 Å². The lowest BCUT2D eigenvalue weighted by molar-refractivity contribution is 0.237. The first-order valence-corrected chi connectivity index (χ1v) is 6.25. The summed E-state index contributed by atoms with van der Waals surface area (Å²) in [6.07, 6.45) is 2.66. The standard InChI is InChI=1S/C13H18ClNO/c1-11-4-5-12(14)10-13(11)16-9-8-15-6-2-3-7-15/h4-5,10H,2-3,6-9H2,1H3. The van der Waals surface area contributed by atoms with Crippen LogP contribution in [0.3, 0.4) is 0 Å². The molecule has 0 spiro atoms. The van der Waals surface area contributed by atoms with Crippen LogP contribution < -0.4 is 4.74 Å². The van der Waals surface area contributed by atoms with Crippen molar-refractivity contribution < 1.29 is 4.74 Å². The molecule has 1 saturated heterocycles. The summed E-state index contributed by atoms with van der Waals surface area (Å²) in [7, 11) is 0. The van der Waals surface area contributed by atoms with Gasteiger partial charge in [0.05, 0.1) is 0 Å². The molecule has 0 atom stereocenters. The Labute approximate surface area is 102 Å². The number of hydrogen-bond acceptors (Lipinski definition) is 2. The molecule has 3 heteroatoms. The summed E-state index contributed by atoms with van der Waals surface area (Å²) >= 11 is 5.93. The molecule has 1 heterocycles. The van der Waals surface area contributed by atoms with Crippen molar-refractivity contribution in [2.45, 2.75) is 19.8 Å². The third kappa shape index (κ3) is 3.13. The number of benzene rings is 1. The number of rotatable bonds is 4. The van der Waals surface area contributed by atoms with Gasteiger partial charge in [-0.15, -0.1) is 0 Å². The maximum absolute atomic E-state index is 5.93. The van der Waals surface area contributed by atoms with Gasteiger partial charge in [0.2, 0.25) is 0 Å². The van der Waals surface area contributed by atoms with Gasteiger partial charge >= 0.3 is 0 Å². The van der Waals surface area contributed by atoms with Crippen molar-refractivity contribution in [2.75, 3.05) is 26.2 Å². The molecular weight excluding hydrogens is 222 g/mol. The molecule has 0 amide bonds. The van der Waals surface area contributed by atoms with E-state index in [1.54, 1.807) is 0 Å². The Morgan fingerprint density at radius 1 is 1.31 bits per heavy atom. The fourth-order valence-electron chi connectivity index (χ4n) is 2.02. The summed E-state index contributed by atoms with van der Waals surface area (Å²) < 4.78 is 5.75. The highest BCUT2D eigenvalue weighted by Crippen LogP contribution is 2.22. The van der Waals surface area contributed by atoms with Crippen molar-refractivity contribution in [3.05, 3.63) is 28.8 Å². The van der Waals surface area contributed by atoms with Crippen molar-refractivity contribution in [3.63, 3.8) is 0 Å². The molecule has 1 aliphatic heterocycles. The van der Waals surface area contributed by atoms with Crippen LogP contribution in [0, 0.1) is 6.92 Å². The molecule has 1 aliphatic rings. The number of ether oxygens (including phenoxy) is 1. The highest BCUT2D eigenvalue weighted by Gasteiger charge is 2.11. The number of nitrogens with zero attached hydrogens (tertiary/aromatic N) is 1. The molecule has 1 fully saturated rings. The largest absolute Gasteiger partial charge is 0.492 e. The fraction of sp³-hybridized carbons (Fsp3) is 0.538. The summed E-state index contributed by atoms with van der Waals surface area (Å²) in [5.74, 6) is 0.909. The van der Waals surface area contributed by atoms with Gasteiger partial charge in [0.1, 0.15) is 12.4 Å². The molecule has 0 unspecified atom stereocenters. The first-order chi connectivity index (χ1) is 7.75. The van der Waals surface area contributed by atoms with E-state index in [0.29, 0.717) is 0 Å². The molecule has 88 valence electrons. The van der Waals surface area contributed by atoms with E-state index in [2.05, 4.69) is 4.90 Å². The highest BCUT2D eigenvalue weighted by atomic mass is 35.5. The van der Waals surface area contributed by atoms with Crippen LogP contribution in [0.4, 0.5) is 0 Å². The quantitative estimate of drug-likeness (QED) is 0.801. The van der Waals surface area contributed by atoms with Crippen molar-refractivity contribution in [2.24, 2.45) is 0 Å². The molecule has 0 aromatic heterocycles. The summed E-state index contributed by atoms with van der Waals surface area (Å²) in [4.78, 5) is 2.44. The minimum atomic E-state index is 0.738. The van der Waals surface area contributed by atoms with Gasteiger partial charge in [-0.1, -0.05) is 17.7 Å². The Morgan fingerprint density at radius 3 is 2.81 bits per heavy atom. The second-order valence-corrected chi connectivity index (χ2v) is 4.74. The van der Waals surface area contributed by atoms with Gasteiger partial charge in [-0.25, -0.2) is 0 Å². The van der Waals surface area contributed by atoms with Crippen LogP contribution in [0.2, 0.25) is 5.02 Å². The van der Waals surface area contributed by atoms with Crippen LogP contribution in [0.5, 0.6) is 5.75 Å². The molecule has 0 aliphatic carbocycles. The maximum Gasteiger partial charge on any atom is 0.123 e. The van der Waals surface area contributed by atoms with Gasteiger partial charge in [-0.2, -0.15) is 0 Å². The number of likely N-dealkylation sites (tertiary alicyclic amines) is 1. The van der Waals surface area contributed by atoms with E-state index >= 15 is 0 Å². The Bertz CT molecular complexity index is 348. The van der Waals surface area contributed by atoms with E-state index in [-0.39, 0.29) is 0 Å². The maximum atomic E-state index is 5.93. The van der Waals surface area contributed by atoms with Crippen LogP contribution in [0.15, 0.2) is 18.2 Å². The highest BCUT2D eigenvalue weighted by molar-refractivity contribution is 6.30. The zero-order valence-corrected chi connectivity index (χ0v) is 10.5. The normalized spacial score (nSPS) is 16.6. The summed E-state index contributed by atoms with van der Waals surface area (Å²) in [6.45, 7) is 6.25. The number of hydrogen-bond donors (Lipinski definition) is 0. The molecule has 16 heavy (non-hydrogen) atoms. The van der Waals surface area contributed by atoms with Crippen molar-refractivity contribution >= 4 is 11.6 Å². The van der Waals surface area contributed by atoms with Gasteiger partial charge in [0.25, 0.3) is 0 Å². The lowest BCUT2D eigenvalue weighted by Crippen LogP contribution is -2.25.